The van der Waals surface area contributed by atoms with Crippen LogP contribution in [0, 0.1) is 5.92 Å². The molecule has 0 radical (unpaired) electrons. The Morgan fingerprint density at radius 1 is 1.59 bits per heavy atom. The van der Waals surface area contributed by atoms with E-state index in [9.17, 15) is 9.59 Å². The molecule has 0 unspecified atom stereocenters. The van der Waals surface area contributed by atoms with E-state index in [0.29, 0.717) is 22.9 Å². The summed E-state index contributed by atoms with van der Waals surface area (Å²) < 4.78 is 4.85. The van der Waals surface area contributed by atoms with Gasteiger partial charge in [-0.15, -0.1) is 0 Å². The average molecular weight is 323 g/mol. The predicted molar refractivity (Wildman–Crippen MR) is 86.5 cm³/mol. The van der Waals surface area contributed by atoms with E-state index in [-0.39, 0.29) is 5.92 Å². The summed E-state index contributed by atoms with van der Waals surface area (Å²) in [5.41, 5.74) is 1.36. The van der Waals surface area contributed by atoms with Crippen LogP contribution >= 0.6 is 11.6 Å². The van der Waals surface area contributed by atoms with Crippen LogP contribution in [0.1, 0.15) is 23.7 Å². The third-order valence-electron chi connectivity index (χ3n) is 3.55. The Morgan fingerprint density at radius 2 is 2.36 bits per heavy atom. The fourth-order valence-electron chi connectivity index (χ4n) is 2.59. The second kappa shape index (κ2) is 7.31. The van der Waals surface area contributed by atoms with Crippen LogP contribution in [0.15, 0.2) is 30.5 Å². The highest BCUT2D eigenvalue weighted by Crippen LogP contribution is 2.32. The number of aldehydes is 1. The zero-order valence-electron chi connectivity index (χ0n) is 12.5. The number of hydrogen-bond donors (Lipinski definition) is 1. The molecule has 118 valence electrons. The van der Waals surface area contributed by atoms with Crippen LogP contribution < -0.4 is 10.2 Å². The largest absolute Gasteiger partial charge is 0.416 e. The first kappa shape index (κ1) is 16.4. The molecule has 1 amide bonds. The summed E-state index contributed by atoms with van der Waals surface area (Å²) in [6, 6.07) is 5.29. The topological polar surface area (TPSA) is 58.6 Å². The third kappa shape index (κ3) is 4.01. The van der Waals surface area contributed by atoms with E-state index >= 15 is 0 Å². The lowest BCUT2D eigenvalue weighted by Crippen LogP contribution is -2.31. The van der Waals surface area contributed by atoms with E-state index in [1.807, 2.05) is 0 Å². The van der Waals surface area contributed by atoms with E-state index in [4.69, 9.17) is 16.3 Å². The Hall–Kier alpha value is -2.01. The molecule has 1 fully saturated rings. The van der Waals surface area contributed by atoms with Gasteiger partial charge in [0.1, 0.15) is 0 Å². The number of hydrogen-bond acceptors (Lipinski definition) is 4. The summed E-state index contributed by atoms with van der Waals surface area (Å²) in [6.45, 7) is 7.19. The molecule has 2 rings (SSSR count). The number of allylic oxidation sites excluding steroid dienone is 1. The average Bonchev–Trinajstić information content (AvgIpc) is 2.92. The van der Waals surface area contributed by atoms with E-state index in [1.54, 1.807) is 25.1 Å². The highest BCUT2D eigenvalue weighted by atomic mass is 35.5. The molecular formula is C16H19ClN2O3. The maximum Gasteiger partial charge on any atom is 0.412 e. The van der Waals surface area contributed by atoms with Gasteiger partial charge < -0.3 is 15.0 Å². The Labute approximate surface area is 134 Å². The highest BCUT2D eigenvalue weighted by Gasteiger charge is 2.26. The number of amides is 1. The van der Waals surface area contributed by atoms with Gasteiger partial charge in [0.05, 0.1) is 16.5 Å². The number of carbonyl (C=O) groups excluding carboxylic acids is 2. The first-order valence-corrected chi connectivity index (χ1v) is 7.49. The molecule has 5 nitrogen and oxygen atoms in total. The number of benzene rings is 1. The molecule has 1 N–H and O–H groups in total. The summed E-state index contributed by atoms with van der Waals surface area (Å²) in [6.07, 6.45) is 1.24. The van der Waals surface area contributed by atoms with E-state index < -0.39 is 6.09 Å². The molecule has 1 heterocycles. The lowest BCUT2D eigenvalue weighted by Gasteiger charge is -2.22. The van der Waals surface area contributed by atoms with Crippen molar-refractivity contribution in [1.82, 2.24) is 5.32 Å². The smallest absolute Gasteiger partial charge is 0.412 e. The lowest BCUT2D eigenvalue weighted by atomic mass is 10.1. The van der Waals surface area contributed by atoms with Crippen molar-refractivity contribution < 1.29 is 14.3 Å². The molecule has 22 heavy (non-hydrogen) atoms. The zero-order chi connectivity index (χ0) is 16.1. The summed E-state index contributed by atoms with van der Waals surface area (Å²) in [5, 5.41) is 3.29. The number of nitrogens with one attached hydrogen (secondary N) is 1. The molecule has 0 spiro atoms. The molecule has 0 aliphatic carbocycles. The van der Waals surface area contributed by atoms with Crippen molar-refractivity contribution in [2.24, 2.45) is 5.92 Å². The normalized spacial score (nSPS) is 17.2. The number of alkyl carbamates (subject to hydrolysis) is 1. The molecule has 1 aromatic carbocycles. The van der Waals surface area contributed by atoms with Crippen molar-refractivity contribution in [3.63, 3.8) is 0 Å². The number of rotatable bonds is 5. The van der Waals surface area contributed by atoms with Gasteiger partial charge in [-0.25, -0.2) is 4.79 Å². The number of ether oxygens (including phenoxy) is 1. The summed E-state index contributed by atoms with van der Waals surface area (Å²) >= 11 is 6.22. The van der Waals surface area contributed by atoms with Crippen LogP contribution in [0.25, 0.3) is 0 Å². The van der Waals surface area contributed by atoms with Crippen LogP contribution in [0.5, 0.6) is 0 Å². The maximum atomic E-state index is 11.4. The van der Waals surface area contributed by atoms with Gasteiger partial charge in [-0.3, -0.25) is 4.79 Å². The van der Waals surface area contributed by atoms with Crippen molar-refractivity contribution in [2.45, 2.75) is 13.3 Å². The van der Waals surface area contributed by atoms with E-state index in [1.165, 1.54) is 0 Å². The molecule has 1 atom stereocenters. The molecule has 0 aromatic heterocycles. The van der Waals surface area contributed by atoms with Gasteiger partial charge >= 0.3 is 6.09 Å². The van der Waals surface area contributed by atoms with Crippen LogP contribution in [-0.2, 0) is 4.74 Å². The van der Waals surface area contributed by atoms with Gasteiger partial charge in [0.25, 0.3) is 0 Å². The van der Waals surface area contributed by atoms with E-state index in [2.05, 4.69) is 16.8 Å². The quantitative estimate of drug-likeness (QED) is 0.668. The zero-order valence-corrected chi connectivity index (χ0v) is 13.2. The standard InChI is InChI=1S/C16H19ClN2O3/c1-11(2)22-16(21)18-8-12-6-7-19(9-12)15-13(10-20)4-3-5-14(15)17/h3-5,10,12H,1,6-9H2,2H3,(H,18,21)/t12-/m1/s1. The minimum atomic E-state index is -0.489. The highest BCUT2D eigenvalue weighted by molar-refractivity contribution is 6.33. The van der Waals surface area contributed by atoms with Gasteiger partial charge in [-0.1, -0.05) is 24.2 Å². The summed E-state index contributed by atoms with van der Waals surface area (Å²) in [5.74, 6) is 0.644. The van der Waals surface area contributed by atoms with Crippen molar-refractivity contribution in [3.05, 3.63) is 41.1 Å². The van der Waals surface area contributed by atoms with Gasteiger partial charge in [-0.2, -0.15) is 0 Å². The fourth-order valence-corrected chi connectivity index (χ4v) is 2.89. The Kier molecular flexibility index (Phi) is 5.44. The van der Waals surface area contributed by atoms with Gasteiger partial charge in [0.15, 0.2) is 6.29 Å². The van der Waals surface area contributed by atoms with Gasteiger partial charge in [0, 0.05) is 25.2 Å². The summed E-state index contributed by atoms with van der Waals surface area (Å²) in [7, 11) is 0. The first-order chi connectivity index (χ1) is 10.5. The minimum Gasteiger partial charge on any atom is -0.416 e. The number of carbonyl (C=O) groups is 2. The summed E-state index contributed by atoms with van der Waals surface area (Å²) in [4.78, 5) is 24.7. The molecule has 0 bridgehead atoms. The molecule has 1 saturated heterocycles. The van der Waals surface area contributed by atoms with Crippen LogP contribution in [-0.4, -0.2) is 32.0 Å². The first-order valence-electron chi connectivity index (χ1n) is 7.11. The van der Waals surface area contributed by atoms with Crippen molar-refractivity contribution in [3.8, 4) is 0 Å². The fraction of sp³-hybridized carbons (Fsp3) is 0.375. The van der Waals surface area contributed by atoms with Crippen molar-refractivity contribution in [1.29, 1.82) is 0 Å². The van der Waals surface area contributed by atoms with Crippen LogP contribution in [0.2, 0.25) is 5.02 Å². The molecule has 1 aromatic rings. The Morgan fingerprint density at radius 3 is 3.05 bits per heavy atom. The molecule has 1 aliphatic heterocycles. The monoisotopic (exact) mass is 322 g/mol. The van der Waals surface area contributed by atoms with Crippen molar-refractivity contribution in [2.75, 3.05) is 24.5 Å². The van der Waals surface area contributed by atoms with E-state index in [0.717, 1.165) is 31.5 Å². The SMILES string of the molecule is C=C(C)OC(=O)NC[C@H]1CCN(c2c(Cl)cccc2C=O)C1. The molecule has 6 heteroatoms. The van der Waals surface area contributed by atoms with Gasteiger partial charge in [-0.05, 0) is 31.4 Å². The molecular weight excluding hydrogens is 304 g/mol. The predicted octanol–water partition coefficient (Wildman–Crippen LogP) is 3.24. The number of halogens is 1. The minimum absolute atomic E-state index is 0.286. The Balaban J connectivity index is 1.95. The molecule has 0 saturated carbocycles. The number of nitrogens with zero attached hydrogens (tertiary/aromatic N) is 1. The second-order valence-corrected chi connectivity index (χ2v) is 5.78. The van der Waals surface area contributed by atoms with Gasteiger partial charge in [0.2, 0.25) is 0 Å². The number of para-hydroxylation sites is 1. The maximum absolute atomic E-state index is 11.4. The Bertz CT molecular complexity index is 589. The van der Waals surface area contributed by atoms with Crippen LogP contribution in [0.4, 0.5) is 10.5 Å². The second-order valence-electron chi connectivity index (χ2n) is 5.37. The van der Waals surface area contributed by atoms with Crippen molar-refractivity contribution >= 4 is 29.7 Å². The number of anilines is 1. The molecule has 1 aliphatic rings. The van der Waals surface area contributed by atoms with Crippen LogP contribution in [0.3, 0.4) is 0 Å². The third-order valence-corrected chi connectivity index (χ3v) is 3.85. The lowest BCUT2D eigenvalue weighted by molar-refractivity contribution is 0.112.